The Morgan fingerprint density at radius 3 is 2.72 bits per heavy atom. The van der Waals surface area contributed by atoms with Crippen LogP contribution < -0.4 is 10.2 Å². The number of cyclic esters (lactones) is 1. The fourth-order valence-corrected chi connectivity index (χ4v) is 3.87. The van der Waals surface area contributed by atoms with Crippen molar-refractivity contribution >= 4 is 23.5 Å². The Kier molecular flexibility index (Phi) is 5.38. The number of ether oxygens (including phenoxy) is 1. The fourth-order valence-electron chi connectivity index (χ4n) is 3.87. The Labute approximate surface area is 169 Å². The average molecular weight is 397 g/mol. The first-order valence-corrected chi connectivity index (χ1v) is 9.85. The van der Waals surface area contributed by atoms with Crippen molar-refractivity contribution in [3.05, 3.63) is 59.4 Å². The normalized spacial score (nSPS) is 18.8. The standard InChI is InChI=1S/C22H24FN3O3/c1-15-2-7-19(26-10-11-29-22(26)28)13-20(15)24-21(27)25-9-8-17(14-25)12-16-3-5-18(23)6-4-16/h2-7,13,17H,8-12,14H2,1H3,(H,24,27). The highest BCUT2D eigenvalue weighted by atomic mass is 19.1. The van der Waals surface area contributed by atoms with Crippen molar-refractivity contribution in [1.29, 1.82) is 0 Å². The number of aryl methyl sites for hydroxylation is 1. The SMILES string of the molecule is Cc1ccc(N2CCOC2=O)cc1NC(=O)N1CCC(Cc2ccc(F)cc2)C1. The number of nitrogens with one attached hydrogen (secondary N) is 1. The number of anilines is 2. The zero-order chi connectivity index (χ0) is 20.4. The van der Waals surface area contributed by atoms with Crippen molar-refractivity contribution in [2.24, 2.45) is 5.92 Å². The monoisotopic (exact) mass is 397 g/mol. The number of hydrogen-bond acceptors (Lipinski definition) is 3. The number of halogens is 1. The Hall–Kier alpha value is -3.09. The zero-order valence-corrected chi connectivity index (χ0v) is 16.4. The fraction of sp³-hybridized carbons (Fsp3) is 0.364. The molecule has 0 saturated carbocycles. The lowest BCUT2D eigenvalue weighted by atomic mass is 9.99. The van der Waals surface area contributed by atoms with Crippen LogP contribution in [0.2, 0.25) is 0 Å². The maximum atomic E-state index is 13.1. The minimum absolute atomic E-state index is 0.143. The molecule has 2 saturated heterocycles. The van der Waals surface area contributed by atoms with E-state index < -0.39 is 0 Å². The van der Waals surface area contributed by atoms with Crippen LogP contribution in [0.25, 0.3) is 0 Å². The predicted molar refractivity (Wildman–Crippen MR) is 109 cm³/mol. The molecule has 1 unspecified atom stereocenters. The largest absolute Gasteiger partial charge is 0.447 e. The molecule has 7 heteroatoms. The molecule has 4 rings (SSSR count). The molecule has 0 spiro atoms. The summed E-state index contributed by atoms with van der Waals surface area (Å²) in [6.07, 6.45) is 1.38. The van der Waals surface area contributed by atoms with Crippen molar-refractivity contribution in [3.63, 3.8) is 0 Å². The van der Waals surface area contributed by atoms with Gasteiger partial charge >= 0.3 is 12.1 Å². The lowest BCUT2D eigenvalue weighted by Gasteiger charge is -2.20. The third-order valence-electron chi connectivity index (χ3n) is 5.55. The highest BCUT2D eigenvalue weighted by molar-refractivity contribution is 5.94. The molecule has 0 radical (unpaired) electrons. The van der Waals surface area contributed by atoms with Crippen molar-refractivity contribution < 1.29 is 18.7 Å². The lowest BCUT2D eigenvalue weighted by molar-refractivity contribution is 0.181. The first-order valence-electron chi connectivity index (χ1n) is 9.85. The summed E-state index contributed by atoms with van der Waals surface area (Å²) in [7, 11) is 0. The number of hydrogen-bond donors (Lipinski definition) is 1. The number of amides is 3. The summed E-state index contributed by atoms with van der Waals surface area (Å²) < 4.78 is 18.1. The van der Waals surface area contributed by atoms with Gasteiger partial charge in [0.15, 0.2) is 0 Å². The third kappa shape index (κ3) is 4.34. The maximum absolute atomic E-state index is 13.1. The summed E-state index contributed by atoms with van der Waals surface area (Å²) >= 11 is 0. The smallest absolute Gasteiger partial charge is 0.414 e. The number of nitrogens with zero attached hydrogens (tertiary/aromatic N) is 2. The van der Waals surface area contributed by atoms with E-state index in [9.17, 15) is 14.0 Å². The Morgan fingerprint density at radius 1 is 1.21 bits per heavy atom. The van der Waals surface area contributed by atoms with Crippen LogP contribution in [0.15, 0.2) is 42.5 Å². The summed E-state index contributed by atoms with van der Waals surface area (Å²) in [5.74, 6) is 0.124. The van der Waals surface area contributed by atoms with Crippen LogP contribution in [0.5, 0.6) is 0 Å². The molecule has 2 aliphatic heterocycles. The highest BCUT2D eigenvalue weighted by Gasteiger charge is 2.27. The van der Waals surface area contributed by atoms with Gasteiger partial charge in [-0.15, -0.1) is 0 Å². The van der Waals surface area contributed by atoms with E-state index in [1.54, 1.807) is 17.0 Å². The third-order valence-corrected chi connectivity index (χ3v) is 5.55. The van der Waals surface area contributed by atoms with Gasteiger partial charge in [-0.3, -0.25) is 4.90 Å². The summed E-state index contributed by atoms with van der Waals surface area (Å²) in [6.45, 7) is 4.16. The molecule has 2 fully saturated rings. The van der Waals surface area contributed by atoms with E-state index in [-0.39, 0.29) is 17.9 Å². The van der Waals surface area contributed by atoms with E-state index >= 15 is 0 Å². The van der Waals surface area contributed by atoms with Gasteiger partial charge in [0.25, 0.3) is 0 Å². The molecule has 0 aromatic heterocycles. The molecule has 152 valence electrons. The number of carbonyl (C=O) groups excluding carboxylic acids is 2. The van der Waals surface area contributed by atoms with Gasteiger partial charge in [-0.2, -0.15) is 0 Å². The van der Waals surface area contributed by atoms with Gasteiger partial charge in [0.05, 0.1) is 6.54 Å². The predicted octanol–water partition coefficient (Wildman–Crippen LogP) is 4.19. The molecule has 2 aromatic carbocycles. The van der Waals surface area contributed by atoms with Crippen LogP contribution in [0.4, 0.5) is 25.4 Å². The number of benzene rings is 2. The summed E-state index contributed by atoms with van der Waals surface area (Å²) in [5.41, 5.74) is 3.41. The second-order valence-corrected chi connectivity index (χ2v) is 7.63. The number of urea groups is 1. The molecule has 3 amide bonds. The minimum atomic E-state index is -0.366. The molecule has 2 aromatic rings. The van der Waals surface area contributed by atoms with Gasteiger partial charge in [-0.1, -0.05) is 18.2 Å². The maximum Gasteiger partial charge on any atom is 0.414 e. The van der Waals surface area contributed by atoms with E-state index in [1.165, 1.54) is 12.1 Å². The van der Waals surface area contributed by atoms with Crippen LogP contribution in [0.1, 0.15) is 17.5 Å². The first-order chi connectivity index (χ1) is 14.0. The number of likely N-dealkylation sites (tertiary alicyclic amines) is 1. The summed E-state index contributed by atoms with van der Waals surface area (Å²) in [5, 5.41) is 2.98. The van der Waals surface area contributed by atoms with Gasteiger partial charge in [-0.05, 0) is 61.1 Å². The van der Waals surface area contributed by atoms with E-state index in [1.807, 2.05) is 30.0 Å². The van der Waals surface area contributed by atoms with Crippen molar-refractivity contribution in [1.82, 2.24) is 4.90 Å². The van der Waals surface area contributed by atoms with Crippen LogP contribution in [0, 0.1) is 18.7 Å². The Balaban J connectivity index is 1.38. The van der Waals surface area contributed by atoms with Crippen LogP contribution in [-0.2, 0) is 11.2 Å². The number of carbonyl (C=O) groups is 2. The molecule has 1 N–H and O–H groups in total. The summed E-state index contributed by atoms with van der Waals surface area (Å²) in [6, 6.07) is 12.0. The van der Waals surface area contributed by atoms with Gasteiger partial charge in [0.1, 0.15) is 12.4 Å². The molecule has 6 nitrogen and oxygen atoms in total. The first kappa shape index (κ1) is 19.2. The van der Waals surface area contributed by atoms with Gasteiger partial charge in [0.2, 0.25) is 0 Å². The number of rotatable bonds is 4. The van der Waals surface area contributed by atoms with Gasteiger partial charge < -0.3 is 15.0 Å². The molecular formula is C22H24FN3O3. The molecule has 0 aliphatic carbocycles. The quantitative estimate of drug-likeness (QED) is 0.842. The molecule has 0 bridgehead atoms. The Bertz CT molecular complexity index is 916. The van der Waals surface area contributed by atoms with Crippen LogP contribution >= 0.6 is 0 Å². The van der Waals surface area contributed by atoms with Crippen LogP contribution in [0.3, 0.4) is 0 Å². The molecule has 1 atom stereocenters. The second-order valence-electron chi connectivity index (χ2n) is 7.63. The van der Waals surface area contributed by atoms with E-state index in [0.717, 1.165) is 24.0 Å². The molecule has 29 heavy (non-hydrogen) atoms. The average Bonchev–Trinajstić information content (AvgIpc) is 3.34. The molecular weight excluding hydrogens is 373 g/mol. The van der Waals surface area contributed by atoms with E-state index in [2.05, 4.69) is 5.32 Å². The van der Waals surface area contributed by atoms with E-state index in [4.69, 9.17) is 4.74 Å². The molecule has 2 heterocycles. The van der Waals surface area contributed by atoms with Gasteiger partial charge in [0, 0.05) is 24.5 Å². The van der Waals surface area contributed by atoms with Crippen LogP contribution in [-0.4, -0.2) is 43.3 Å². The zero-order valence-electron chi connectivity index (χ0n) is 16.4. The minimum Gasteiger partial charge on any atom is -0.447 e. The van der Waals surface area contributed by atoms with E-state index in [0.29, 0.717) is 43.5 Å². The van der Waals surface area contributed by atoms with Crippen molar-refractivity contribution in [2.45, 2.75) is 19.8 Å². The second kappa shape index (κ2) is 8.11. The van der Waals surface area contributed by atoms with Crippen molar-refractivity contribution in [3.8, 4) is 0 Å². The topological polar surface area (TPSA) is 61.9 Å². The highest BCUT2D eigenvalue weighted by Crippen LogP contribution is 2.27. The van der Waals surface area contributed by atoms with Gasteiger partial charge in [-0.25, -0.2) is 14.0 Å². The molecule has 2 aliphatic rings. The summed E-state index contributed by atoms with van der Waals surface area (Å²) in [4.78, 5) is 27.9. The lowest BCUT2D eigenvalue weighted by Crippen LogP contribution is -2.33. The van der Waals surface area contributed by atoms with Crippen molar-refractivity contribution in [2.75, 3.05) is 36.5 Å². The Morgan fingerprint density at radius 2 is 2.00 bits per heavy atom.